The molecule has 1 amide bonds. The van der Waals surface area contributed by atoms with E-state index in [9.17, 15) is 14.9 Å². The van der Waals surface area contributed by atoms with Crippen molar-refractivity contribution in [2.24, 2.45) is 0 Å². The van der Waals surface area contributed by atoms with E-state index in [1.54, 1.807) is 19.6 Å². The molecule has 9 nitrogen and oxygen atoms in total. The topological polar surface area (TPSA) is 107 Å². The smallest absolute Gasteiger partial charge is 0.286 e. The van der Waals surface area contributed by atoms with Gasteiger partial charge in [-0.3, -0.25) is 14.9 Å². The number of amides is 1. The first-order chi connectivity index (χ1) is 12.5. The number of likely N-dealkylation sites (N-methyl/N-ethyl adjacent to an activating group) is 2. The summed E-state index contributed by atoms with van der Waals surface area (Å²) < 4.78 is 10.9. The summed E-state index contributed by atoms with van der Waals surface area (Å²) >= 11 is 1.42. The van der Waals surface area contributed by atoms with Crippen molar-refractivity contribution >= 4 is 22.9 Å². The van der Waals surface area contributed by atoms with Gasteiger partial charge in [-0.05, 0) is 7.05 Å². The summed E-state index contributed by atoms with van der Waals surface area (Å²) in [5.41, 5.74) is 1.99. The molecule has 140 valence electrons. The molecule has 1 heterocycles. The van der Waals surface area contributed by atoms with Gasteiger partial charge in [0.2, 0.25) is 0 Å². The number of ether oxygens (including phenoxy) is 2. The van der Waals surface area contributed by atoms with Crippen molar-refractivity contribution in [1.82, 2.24) is 15.2 Å². The van der Waals surface area contributed by atoms with Crippen molar-refractivity contribution < 1.29 is 19.2 Å². The van der Waals surface area contributed by atoms with Crippen molar-refractivity contribution in [3.8, 4) is 11.5 Å². The molecule has 0 bridgehead atoms. The fourth-order valence-corrected chi connectivity index (χ4v) is 2.73. The average Bonchev–Trinajstić information content (AvgIpc) is 3.16. The highest BCUT2D eigenvalue weighted by Crippen LogP contribution is 2.35. The second kappa shape index (κ2) is 9.11. The maximum atomic E-state index is 12.6. The van der Waals surface area contributed by atoms with Crippen LogP contribution < -0.4 is 14.8 Å². The monoisotopic (exact) mass is 380 g/mol. The van der Waals surface area contributed by atoms with E-state index in [1.165, 1.54) is 35.5 Å². The molecule has 1 aromatic heterocycles. The van der Waals surface area contributed by atoms with E-state index in [0.29, 0.717) is 18.8 Å². The van der Waals surface area contributed by atoms with Gasteiger partial charge >= 0.3 is 0 Å². The standard InChI is InChI=1S/C16H20N4O5S/c1-17-4-5-19(2)16(21)12-6-14(24-3)15(7-13(12)20(22)23)25-8-11-9-26-10-18-11/h6-7,9-10,17H,4-5,8H2,1-3H3. The molecule has 1 N–H and O–H groups in total. The second-order valence-corrected chi connectivity index (χ2v) is 6.09. The predicted molar refractivity (Wildman–Crippen MR) is 97.0 cm³/mol. The Morgan fingerprint density at radius 1 is 1.42 bits per heavy atom. The molecular weight excluding hydrogens is 360 g/mol. The van der Waals surface area contributed by atoms with Gasteiger partial charge in [0.05, 0.1) is 29.3 Å². The van der Waals surface area contributed by atoms with Crippen molar-refractivity contribution in [3.05, 3.63) is 44.4 Å². The number of thiazole rings is 1. The van der Waals surface area contributed by atoms with Gasteiger partial charge in [0, 0.05) is 31.6 Å². The van der Waals surface area contributed by atoms with Crippen LogP contribution in [0.2, 0.25) is 0 Å². The maximum absolute atomic E-state index is 12.6. The number of nitrogens with one attached hydrogen (secondary N) is 1. The Morgan fingerprint density at radius 3 is 2.77 bits per heavy atom. The molecule has 0 saturated carbocycles. The predicted octanol–water partition coefficient (Wildman–Crippen LogP) is 1.93. The fourth-order valence-electron chi connectivity index (χ4n) is 2.19. The number of carbonyl (C=O) groups excluding carboxylic acids is 1. The molecule has 0 saturated heterocycles. The lowest BCUT2D eigenvalue weighted by Gasteiger charge is -2.18. The largest absolute Gasteiger partial charge is 0.493 e. The van der Waals surface area contributed by atoms with E-state index in [1.807, 2.05) is 5.38 Å². The molecule has 0 fully saturated rings. The van der Waals surface area contributed by atoms with Gasteiger partial charge in [-0.1, -0.05) is 0 Å². The first kappa shape index (κ1) is 19.6. The summed E-state index contributed by atoms with van der Waals surface area (Å²) in [7, 11) is 4.76. The molecule has 0 radical (unpaired) electrons. The van der Waals surface area contributed by atoms with Crippen LogP contribution in [-0.4, -0.2) is 55.0 Å². The number of benzene rings is 1. The van der Waals surface area contributed by atoms with Crippen LogP contribution in [0.3, 0.4) is 0 Å². The van der Waals surface area contributed by atoms with Crippen LogP contribution in [0.4, 0.5) is 5.69 Å². The molecule has 0 aliphatic carbocycles. The number of carbonyl (C=O) groups is 1. The Morgan fingerprint density at radius 2 is 2.19 bits per heavy atom. The van der Waals surface area contributed by atoms with Crippen LogP contribution >= 0.6 is 11.3 Å². The van der Waals surface area contributed by atoms with Crippen LogP contribution in [0.15, 0.2) is 23.0 Å². The zero-order chi connectivity index (χ0) is 19.1. The van der Waals surface area contributed by atoms with Gasteiger partial charge in [0.1, 0.15) is 12.2 Å². The van der Waals surface area contributed by atoms with Gasteiger partial charge in [-0.2, -0.15) is 0 Å². The van der Waals surface area contributed by atoms with Crippen LogP contribution in [0.1, 0.15) is 16.1 Å². The minimum Gasteiger partial charge on any atom is -0.493 e. The lowest BCUT2D eigenvalue weighted by atomic mass is 10.1. The summed E-state index contributed by atoms with van der Waals surface area (Å²) in [6, 6.07) is 2.55. The number of hydrogen-bond acceptors (Lipinski definition) is 8. The summed E-state index contributed by atoms with van der Waals surface area (Å²) in [6.07, 6.45) is 0. The van der Waals surface area contributed by atoms with Gasteiger partial charge in [0.25, 0.3) is 11.6 Å². The molecule has 1 aromatic carbocycles. The van der Waals surface area contributed by atoms with Crippen LogP contribution in [0.25, 0.3) is 0 Å². The summed E-state index contributed by atoms with van der Waals surface area (Å²) in [6.45, 7) is 1.13. The van der Waals surface area contributed by atoms with Gasteiger partial charge in [0.15, 0.2) is 11.5 Å². The third-order valence-corrected chi connectivity index (χ3v) is 4.25. The maximum Gasteiger partial charge on any atom is 0.286 e. The van der Waals surface area contributed by atoms with Gasteiger partial charge in [-0.15, -0.1) is 11.3 Å². The number of hydrogen-bond donors (Lipinski definition) is 1. The van der Waals surface area contributed by atoms with E-state index >= 15 is 0 Å². The Bertz CT molecular complexity index is 766. The van der Waals surface area contributed by atoms with E-state index in [2.05, 4.69) is 10.3 Å². The summed E-state index contributed by atoms with van der Waals surface area (Å²) in [5, 5.41) is 16.2. The van der Waals surface area contributed by atoms with Crippen LogP contribution in [0.5, 0.6) is 11.5 Å². The number of aromatic nitrogens is 1. The van der Waals surface area contributed by atoms with Gasteiger partial charge < -0.3 is 19.7 Å². The van der Waals surface area contributed by atoms with E-state index in [-0.39, 0.29) is 29.4 Å². The lowest BCUT2D eigenvalue weighted by Crippen LogP contribution is -2.33. The van der Waals surface area contributed by atoms with E-state index in [4.69, 9.17) is 9.47 Å². The Hall–Kier alpha value is -2.72. The number of rotatable bonds is 9. The Balaban J connectivity index is 2.33. The van der Waals surface area contributed by atoms with Crippen LogP contribution in [0, 0.1) is 10.1 Å². The highest BCUT2D eigenvalue weighted by molar-refractivity contribution is 7.07. The van der Waals surface area contributed by atoms with E-state index in [0.717, 1.165) is 0 Å². The molecule has 2 rings (SSSR count). The first-order valence-corrected chi connectivity index (χ1v) is 8.68. The highest BCUT2D eigenvalue weighted by Gasteiger charge is 2.26. The molecular formula is C16H20N4O5S. The number of methoxy groups -OCH3 is 1. The second-order valence-electron chi connectivity index (χ2n) is 5.38. The minimum atomic E-state index is -0.603. The molecule has 10 heteroatoms. The van der Waals surface area contributed by atoms with Gasteiger partial charge in [-0.25, -0.2) is 4.98 Å². The highest BCUT2D eigenvalue weighted by atomic mass is 32.1. The van der Waals surface area contributed by atoms with Crippen molar-refractivity contribution in [3.63, 3.8) is 0 Å². The first-order valence-electron chi connectivity index (χ1n) is 7.74. The summed E-state index contributed by atoms with van der Waals surface area (Å²) in [5.74, 6) is -0.0332. The Kier molecular flexibility index (Phi) is 6.87. The molecule has 26 heavy (non-hydrogen) atoms. The number of nitro benzene ring substituents is 1. The molecule has 0 atom stereocenters. The molecule has 0 aliphatic heterocycles. The minimum absolute atomic E-state index is 0.0496. The Labute approximate surface area is 154 Å². The molecule has 0 aliphatic rings. The zero-order valence-electron chi connectivity index (χ0n) is 14.7. The fraction of sp³-hybridized carbons (Fsp3) is 0.375. The molecule has 0 unspecified atom stereocenters. The molecule has 2 aromatic rings. The zero-order valence-corrected chi connectivity index (χ0v) is 15.5. The quantitative estimate of drug-likeness (QED) is 0.523. The van der Waals surface area contributed by atoms with E-state index < -0.39 is 10.8 Å². The lowest BCUT2D eigenvalue weighted by molar-refractivity contribution is -0.385. The third kappa shape index (κ3) is 4.67. The van der Waals surface area contributed by atoms with Crippen molar-refractivity contribution in [2.45, 2.75) is 6.61 Å². The van der Waals surface area contributed by atoms with Crippen LogP contribution in [-0.2, 0) is 6.61 Å². The third-order valence-electron chi connectivity index (χ3n) is 3.61. The summed E-state index contributed by atoms with van der Waals surface area (Å²) in [4.78, 5) is 29.0. The number of nitrogens with zero attached hydrogens (tertiary/aromatic N) is 3. The number of nitro groups is 1. The average molecular weight is 380 g/mol. The van der Waals surface area contributed by atoms with Crippen molar-refractivity contribution in [1.29, 1.82) is 0 Å². The molecule has 0 spiro atoms. The van der Waals surface area contributed by atoms with Crippen molar-refractivity contribution in [2.75, 3.05) is 34.3 Å². The SMILES string of the molecule is CNCCN(C)C(=O)c1cc(OC)c(OCc2cscn2)cc1[N+](=O)[O-]. The normalized spacial score (nSPS) is 10.4.